The molecule has 0 saturated heterocycles. The Morgan fingerprint density at radius 3 is 2.50 bits per heavy atom. The highest BCUT2D eigenvalue weighted by Gasteiger charge is 2.17. The van der Waals surface area contributed by atoms with Crippen LogP contribution >= 0.6 is 11.6 Å². The third-order valence-electron chi connectivity index (χ3n) is 2.61. The molecule has 0 aliphatic carbocycles. The Bertz CT molecular complexity index is 497. The van der Waals surface area contributed by atoms with Gasteiger partial charge in [-0.2, -0.15) is 0 Å². The van der Waals surface area contributed by atoms with E-state index in [0.29, 0.717) is 6.42 Å². The van der Waals surface area contributed by atoms with E-state index in [1.807, 2.05) is 0 Å². The quantitative estimate of drug-likeness (QED) is 0.643. The number of carbonyl (C=O) groups excluding carboxylic acids is 1. The summed E-state index contributed by atoms with van der Waals surface area (Å²) in [5.74, 6) is -0.393. The number of aliphatic hydroxyl groups is 2. The maximum atomic E-state index is 12.2. The summed E-state index contributed by atoms with van der Waals surface area (Å²) in [6.45, 7) is 0.139. The molecule has 1 atom stereocenters. The minimum absolute atomic E-state index is 0.0383. The van der Waals surface area contributed by atoms with E-state index in [0.717, 1.165) is 0 Å². The second kappa shape index (κ2) is 8.33. The van der Waals surface area contributed by atoms with Gasteiger partial charge in [-0.05, 0) is 24.6 Å². The Labute approximate surface area is 124 Å². The Morgan fingerprint density at radius 2 is 1.95 bits per heavy atom. The Kier molecular flexibility index (Phi) is 7.11. The fraction of sp³-hybridized carbons (Fsp3) is 0.417. The molecular formula is C12H16ClNO5S. The maximum Gasteiger partial charge on any atom is 0.253 e. The van der Waals surface area contributed by atoms with Crippen molar-refractivity contribution in [3.05, 3.63) is 28.8 Å². The fourth-order valence-corrected chi connectivity index (χ4v) is 2.43. The predicted octanol–water partition coefficient (Wildman–Crippen LogP) is 0.738. The molecule has 20 heavy (non-hydrogen) atoms. The van der Waals surface area contributed by atoms with Gasteiger partial charge in [-0.25, -0.2) is 4.21 Å². The molecule has 1 aromatic rings. The van der Waals surface area contributed by atoms with E-state index in [9.17, 15) is 9.00 Å². The second-order valence-corrected chi connectivity index (χ2v) is 5.33. The minimum Gasteiger partial charge on any atom is -0.396 e. The highest BCUT2D eigenvalue weighted by atomic mass is 35.5. The second-order valence-electron chi connectivity index (χ2n) is 3.99. The number of rotatable bonds is 7. The van der Waals surface area contributed by atoms with Gasteiger partial charge in [-0.1, -0.05) is 11.6 Å². The first kappa shape index (κ1) is 17.1. The topological polar surface area (TPSA) is 98.1 Å². The molecule has 0 radical (unpaired) electrons. The van der Waals surface area contributed by atoms with Gasteiger partial charge in [-0.3, -0.25) is 4.79 Å². The van der Waals surface area contributed by atoms with Crippen LogP contribution in [0.5, 0.6) is 0 Å². The molecule has 0 heterocycles. The third-order valence-corrected chi connectivity index (χ3v) is 3.77. The molecule has 0 bridgehead atoms. The third kappa shape index (κ3) is 4.53. The van der Waals surface area contributed by atoms with E-state index >= 15 is 0 Å². The van der Waals surface area contributed by atoms with E-state index in [2.05, 4.69) is 0 Å². The van der Waals surface area contributed by atoms with Crippen LogP contribution in [0.2, 0.25) is 5.02 Å². The maximum absolute atomic E-state index is 12.2. The normalized spacial score (nSPS) is 12.2. The number of amides is 1. The summed E-state index contributed by atoms with van der Waals surface area (Å²) in [4.78, 5) is 13.6. The van der Waals surface area contributed by atoms with Crippen molar-refractivity contribution in [2.24, 2.45) is 0 Å². The van der Waals surface area contributed by atoms with Crippen molar-refractivity contribution in [1.82, 2.24) is 4.90 Å². The van der Waals surface area contributed by atoms with Gasteiger partial charge in [0.15, 0.2) is 11.1 Å². The summed E-state index contributed by atoms with van der Waals surface area (Å²) < 4.78 is 20.2. The van der Waals surface area contributed by atoms with Gasteiger partial charge in [0, 0.05) is 25.3 Å². The lowest BCUT2D eigenvalue weighted by molar-refractivity contribution is 0.0710. The lowest BCUT2D eigenvalue weighted by atomic mass is 10.2. The molecule has 0 aromatic heterocycles. The van der Waals surface area contributed by atoms with Crippen LogP contribution in [0.1, 0.15) is 16.8 Å². The molecule has 1 unspecified atom stereocenters. The predicted molar refractivity (Wildman–Crippen MR) is 75.2 cm³/mol. The zero-order chi connectivity index (χ0) is 15.1. The number of halogens is 1. The van der Waals surface area contributed by atoms with Gasteiger partial charge >= 0.3 is 0 Å². The standard InChI is InChI=1S/C12H16ClNO5S/c13-10-3-2-9(8-11(10)20(18)19)12(17)14(5-7-16)4-1-6-15/h2-3,8,15-16H,1,4-7H2,(H,18,19). The fourth-order valence-electron chi connectivity index (χ4n) is 1.65. The zero-order valence-electron chi connectivity index (χ0n) is 10.7. The summed E-state index contributed by atoms with van der Waals surface area (Å²) in [6, 6.07) is 4.08. The molecular weight excluding hydrogens is 306 g/mol. The largest absolute Gasteiger partial charge is 0.396 e. The summed E-state index contributed by atoms with van der Waals surface area (Å²) in [7, 11) is 0. The molecule has 6 nitrogen and oxygen atoms in total. The van der Waals surface area contributed by atoms with Crippen molar-refractivity contribution >= 4 is 28.6 Å². The molecule has 1 rings (SSSR count). The first-order valence-corrected chi connectivity index (χ1v) is 7.41. The number of hydrogen-bond donors (Lipinski definition) is 3. The van der Waals surface area contributed by atoms with Gasteiger partial charge in [0.05, 0.1) is 16.5 Å². The first-order chi connectivity index (χ1) is 9.51. The number of carbonyl (C=O) groups is 1. The van der Waals surface area contributed by atoms with Crippen LogP contribution in [0.25, 0.3) is 0 Å². The first-order valence-electron chi connectivity index (χ1n) is 5.92. The summed E-state index contributed by atoms with van der Waals surface area (Å²) in [5.41, 5.74) is 0.207. The molecule has 0 fully saturated rings. The molecule has 0 aliphatic rings. The summed E-state index contributed by atoms with van der Waals surface area (Å²) >= 11 is 3.49. The monoisotopic (exact) mass is 321 g/mol. The molecule has 0 spiro atoms. The highest BCUT2D eigenvalue weighted by molar-refractivity contribution is 7.79. The van der Waals surface area contributed by atoms with Gasteiger partial charge < -0.3 is 19.7 Å². The van der Waals surface area contributed by atoms with Gasteiger partial charge in [0.1, 0.15) is 0 Å². The highest BCUT2D eigenvalue weighted by Crippen LogP contribution is 2.21. The molecule has 112 valence electrons. The number of aliphatic hydroxyl groups excluding tert-OH is 2. The van der Waals surface area contributed by atoms with Gasteiger partial charge in [-0.15, -0.1) is 0 Å². The van der Waals surface area contributed by atoms with E-state index in [1.54, 1.807) is 0 Å². The smallest absolute Gasteiger partial charge is 0.253 e. The molecule has 1 amide bonds. The van der Waals surface area contributed by atoms with Crippen molar-refractivity contribution in [3.63, 3.8) is 0 Å². The lowest BCUT2D eigenvalue weighted by Crippen LogP contribution is -2.34. The minimum atomic E-state index is -2.28. The number of nitrogens with zero attached hydrogens (tertiary/aromatic N) is 1. The van der Waals surface area contributed by atoms with E-state index in [1.165, 1.54) is 23.1 Å². The molecule has 8 heteroatoms. The van der Waals surface area contributed by atoms with Crippen molar-refractivity contribution in [3.8, 4) is 0 Å². The Hall–Kier alpha value is -0.990. The average Bonchev–Trinajstić information content (AvgIpc) is 2.43. The van der Waals surface area contributed by atoms with E-state index in [4.69, 9.17) is 26.4 Å². The SMILES string of the molecule is O=C(c1ccc(Cl)c(S(=O)O)c1)N(CCO)CCCO. The van der Waals surface area contributed by atoms with Crippen LogP contribution in [0.3, 0.4) is 0 Å². The average molecular weight is 322 g/mol. The molecule has 3 N–H and O–H groups in total. The summed E-state index contributed by atoms with van der Waals surface area (Å²) in [5, 5.41) is 17.9. The van der Waals surface area contributed by atoms with Crippen molar-refractivity contribution in [2.45, 2.75) is 11.3 Å². The van der Waals surface area contributed by atoms with E-state index in [-0.39, 0.29) is 41.8 Å². The Balaban J connectivity index is 2.99. The van der Waals surface area contributed by atoms with Gasteiger partial charge in [0.2, 0.25) is 0 Å². The van der Waals surface area contributed by atoms with Crippen LogP contribution in [0.4, 0.5) is 0 Å². The summed E-state index contributed by atoms with van der Waals surface area (Å²) in [6.07, 6.45) is 0.387. The van der Waals surface area contributed by atoms with E-state index < -0.39 is 17.0 Å². The number of hydrogen-bond acceptors (Lipinski definition) is 4. The molecule has 1 aromatic carbocycles. The van der Waals surface area contributed by atoms with Gasteiger partial charge in [0.25, 0.3) is 5.91 Å². The molecule has 0 aliphatic heterocycles. The van der Waals surface area contributed by atoms with Crippen molar-refractivity contribution in [1.29, 1.82) is 0 Å². The van der Waals surface area contributed by atoms with Crippen molar-refractivity contribution < 1.29 is 23.8 Å². The van der Waals surface area contributed by atoms with Crippen LogP contribution in [0.15, 0.2) is 23.1 Å². The zero-order valence-corrected chi connectivity index (χ0v) is 12.2. The van der Waals surface area contributed by atoms with Crippen LogP contribution in [-0.2, 0) is 11.1 Å². The number of benzene rings is 1. The van der Waals surface area contributed by atoms with Crippen LogP contribution in [0, 0.1) is 0 Å². The Morgan fingerprint density at radius 1 is 1.25 bits per heavy atom. The van der Waals surface area contributed by atoms with Crippen molar-refractivity contribution in [2.75, 3.05) is 26.3 Å². The molecule has 0 saturated carbocycles. The lowest BCUT2D eigenvalue weighted by Gasteiger charge is -2.21. The van der Waals surface area contributed by atoms with Crippen LogP contribution < -0.4 is 0 Å². The van der Waals surface area contributed by atoms with Crippen LogP contribution in [-0.4, -0.2) is 56.1 Å².